The number of nitrogens with two attached hydrogens (primary N) is 1. The predicted octanol–water partition coefficient (Wildman–Crippen LogP) is -2.52. The van der Waals surface area contributed by atoms with Crippen LogP contribution in [-0.2, 0) is 14.4 Å². The van der Waals surface area contributed by atoms with Crippen molar-refractivity contribution < 1.29 is 14.4 Å². The third-order valence-corrected chi connectivity index (χ3v) is 1.49. The first-order valence-corrected chi connectivity index (χ1v) is 3.46. The summed E-state index contributed by atoms with van der Waals surface area (Å²) in [6, 6.07) is -0.742. The maximum absolute atomic E-state index is 10.8. The number of hydrogen-bond acceptors (Lipinski definition) is 4. The Morgan fingerprint density at radius 3 is 2.75 bits per heavy atom. The molecule has 1 unspecified atom stereocenters. The monoisotopic (exact) mass is 171 g/mol. The highest BCUT2D eigenvalue weighted by Crippen LogP contribution is 2.00. The molecule has 1 rings (SSSR count). The lowest BCUT2D eigenvalue weighted by Crippen LogP contribution is -2.42. The summed E-state index contributed by atoms with van der Waals surface area (Å²) < 4.78 is 0. The summed E-state index contributed by atoms with van der Waals surface area (Å²) in [7, 11) is 0. The van der Waals surface area contributed by atoms with Crippen LogP contribution < -0.4 is 16.4 Å². The van der Waals surface area contributed by atoms with E-state index in [0.717, 1.165) is 0 Å². The van der Waals surface area contributed by atoms with Gasteiger partial charge in [0.15, 0.2) is 0 Å². The zero-order valence-electron chi connectivity index (χ0n) is 6.29. The standard InChI is InChI=1S/C6H9N3O3/c7-2-5(11)8-3-1-4(10)9-6(3)12/h3H,1-2,7H2,(H,8,11)(H,9,10,12). The molecule has 0 aromatic carbocycles. The highest BCUT2D eigenvalue weighted by molar-refractivity contribution is 6.06. The van der Waals surface area contributed by atoms with Crippen molar-refractivity contribution in [3.63, 3.8) is 0 Å². The van der Waals surface area contributed by atoms with Gasteiger partial charge in [0.25, 0.3) is 0 Å². The second-order valence-corrected chi connectivity index (χ2v) is 2.44. The second-order valence-electron chi connectivity index (χ2n) is 2.44. The first-order chi connectivity index (χ1) is 5.63. The molecule has 1 heterocycles. The van der Waals surface area contributed by atoms with Crippen molar-refractivity contribution in [2.24, 2.45) is 5.73 Å². The summed E-state index contributed by atoms with van der Waals surface area (Å²) in [5.41, 5.74) is 5.00. The number of hydrogen-bond donors (Lipinski definition) is 3. The molecule has 1 atom stereocenters. The van der Waals surface area contributed by atoms with Gasteiger partial charge in [-0.1, -0.05) is 0 Å². The lowest BCUT2D eigenvalue weighted by atomic mass is 10.2. The Labute approximate surface area is 68.5 Å². The van der Waals surface area contributed by atoms with Crippen molar-refractivity contribution in [1.82, 2.24) is 10.6 Å². The van der Waals surface area contributed by atoms with Crippen LogP contribution in [0.25, 0.3) is 0 Å². The molecule has 0 radical (unpaired) electrons. The molecule has 6 heteroatoms. The van der Waals surface area contributed by atoms with E-state index in [1.54, 1.807) is 0 Å². The number of amides is 3. The van der Waals surface area contributed by atoms with Crippen LogP contribution in [0, 0.1) is 0 Å². The topological polar surface area (TPSA) is 101 Å². The molecule has 1 aliphatic heterocycles. The Morgan fingerprint density at radius 2 is 2.33 bits per heavy atom. The van der Waals surface area contributed by atoms with Gasteiger partial charge in [0, 0.05) is 0 Å². The zero-order valence-corrected chi connectivity index (χ0v) is 6.29. The minimum atomic E-state index is -0.742. The van der Waals surface area contributed by atoms with Crippen molar-refractivity contribution >= 4 is 17.7 Å². The molecule has 0 bridgehead atoms. The normalized spacial score (nSPS) is 22.2. The van der Waals surface area contributed by atoms with Crippen LogP contribution in [-0.4, -0.2) is 30.3 Å². The van der Waals surface area contributed by atoms with Crippen LogP contribution in [0.3, 0.4) is 0 Å². The third kappa shape index (κ3) is 1.79. The minimum absolute atomic E-state index is 0.00454. The lowest BCUT2D eigenvalue weighted by Gasteiger charge is -2.06. The fraction of sp³-hybridized carbons (Fsp3) is 0.500. The van der Waals surface area contributed by atoms with E-state index in [0.29, 0.717) is 0 Å². The molecule has 0 saturated carbocycles. The summed E-state index contributed by atoms with van der Waals surface area (Å²) in [6.45, 7) is -0.183. The molecule has 3 amide bonds. The Balaban J connectivity index is 2.48. The predicted molar refractivity (Wildman–Crippen MR) is 38.8 cm³/mol. The molecule has 1 aliphatic rings. The van der Waals surface area contributed by atoms with E-state index in [1.807, 2.05) is 0 Å². The van der Waals surface area contributed by atoms with Crippen molar-refractivity contribution in [2.45, 2.75) is 12.5 Å². The lowest BCUT2D eigenvalue weighted by molar-refractivity contribution is -0.127. The van der Waals surface area contributed by atoms with E-state index < -0.39 is 17.9 Å². The summed E-state index contributed by atoms with van der Waals surface area (Å²) in [5, 5.41) is 4.37. The van der Waals surface area contributed by atoms with Crippen LogP contribution in [0.4, 0.5) is 0 Å². The molecule has 4 N–H and O–H groups in total. The minimum Gasteiger partial charge on any atom is -0.343 e. The smallest absolute Gasteiger partial charge is 0.249 e. The van der Waals surface area contributed by atoms with Gasteiger partial charge in [-0.3, -0.25) is 19.7 Å². The molecular weight excluding hydrogens is 162 g/mol. The van der Waals surface area contributed by atoms with Gasteiger partial charge in [0.1, 0.15) is 6.04 Å². The van der Waals surface area contributed by atoms with Crippen LogP contribution in [0.1, 0.15) is 6.42 Å². The van der Waals surface area contributed by atoms with E-state index in [4.69, 9.17) is 5.73 Å². The van der Waals surface area contributed by atoms with Gasteiger partial charge in [0.2, 0.25) is 17.7 Å². The van der Waals surface area contributed by atoms with Gasteiger partial charge in [-0.15, -0.1) is 0 Å². The number of rotatable bonds is 2. The maximum Gasteiger partial charge on any atom is 0.249 e. The van der Waals surface area contributed by atoms with Gasteiger partial charge in [0.05, 0.1) is 13.0 Å². The Bertz CT molecular complexity index is 238. The van der Waals surface area contributed by atoms with E-state index in [9.17, 15) is 14.4 Å². The van der Waals surface area contributed by atoms with E-state index in [1.165, 1.54) is 0 Å². The van der Waals surface area contributed by atoms with Crippen LogP contribution in [0.15, 0.2) is 0 Å². The maximum atomic E-state index is 10.8. The van der Waals surface area contributed by atoms with Gasteiger partial charge < -0.3 is 11.1 Å². The number of imide groups is 1. The molecule has 1 fully saturated rings. The molecule has 6 nitrogen and oxygen atoms in total. The molecule has 1 saturated heterocycles. The Morgan fingerprint density at radius 1 is 1.67 bits per heavy atom. The Hall–Kier alpha value is -1.43. The summed E-state index contributed by atoms with van der Waals surface area (Å²) in [6.07, 6.45) is 0.00454. The van der Waals surface area contributed by atoms with E-state index in [2.05, 4.69) is 10.6 Å². The van der Waals surface area contributed by atoms with E-state index in [-0.39, 0.29) is 18.9 Å². The van der Waals surface area contributed by atoms with Crippen molar-refractivity contribution in [1.29, 1.82) is 0 Å². The molecule has 0 spiro atoms. The Kier molecular flexibility index (Phi) is 2.39. The third-order valence-electron chi connectivity index (χ3n) is 1.49. The first kappa shape index (κ1) is 8.66. The van der Waals surface area contributed by atoms with Gasteiger partial charge in [-0.2, -0.15) is 0 Å². The average Bonchev–Trinajstić information content (AvgIpc) is 2.30. The molecular formula is C6H9N3O3. The molecule has 0 aromatic rings. The highest BCUT2D eigenvalue weighted by Gasteiger charge is 2.31. The van der Waals surface area contributed by atoms with Crippen molar-refractivity contribution in [2.75, 3.05) is 6.54 Å². The number of nitrogens with one attached hydrogen (secondary N) is 2. The van der Waals surface area contributed by atoms with Crippen LogP contribution in [0.2, 0.25) is 0 Å². The van der Waals surface area contributed by atoms with Crippen LogP contribution >= 0.6 is 0 Å². The average molecular weight is 171 g/mol. The van der Waals surface area contributed by atoms with E-state index >= 15 is 0 Å². The molecule has 0 aromatic heterocycles. The summed E-state index contributed by atoms with van der Waals surface area (Å²) in [5.74, 6) is -1.28. The SMILES string of the molecule is NCC(=O)NC1CC(=O)NC1=O. The number of carbonyl (C=O) groups is 3. The fourth-order valence-corrected chi connectivity index (χ4v) is 0.923. The van der Waals surface area contributed by atoms with Gasteiger partial charge >= 0.3 is 0 Å². The van der Waals surface area contributed by atoms with Crippen molar-refractivity contribution in [3.8, 4) is 0 Å². The molecule has 0 aliphatic carbocycles. The van der Waals surface area contributed by atoms with Gasteiger partial charge in [-0.25, -0.2) is 0 Å². The van der Waals surface area contributed by atoms with Gasteiger partial charge in [-0.05, 0) is 0 Å². The van der Waals surface area contributed by atoms with Crippen molar-refractivity contribution in [3.05, 3.63) is 0 Å². The number of carbonyl (C=O) groups excluding carboxylic acids is 3. The summed E-state index contributed by atoms with van der Waals surface area (Å²) >= 11 is 0. The molecule has 66 valence electrons. The largest absolute Gasteiger partial charge is 0.343 e. The highest BCUT2D eigenvalue weighted by atomic mass is 16.2. The first-order valence-electron chi connectivity index (χ1n) is 3.46. The summed E-state index contributed by atoms with van der Waals surface area (Å²) in [4.78, 5) is 32.2. The quantitative estimate of drug-likeness (QED) is 0.399. The zero-order chi connectivity index (χ0) is 9.14. The second kappa shape index (κ2) is 3.31. The van der Waals surface area contributed by atoms with Crippen LogP contribution in [0.5, 0.6) is 0 Å². The molecule has 12 heavy (non-hydrogen) atoms. The fourth-order valence-electron chi connectivity index (χ4n) is 0.923.